The van der Waals surface area contributed by atoms with Gasteiger partial charge in [-0.1, -0.05) is 24.3 Å². The largest absolute Gasteiger partial charge is 0.497 e. The number of nitrogens with one attached hydrogen (secondary N) is 1. The van der Waals surface area contributed by atoms with Gasteiger partial charge in [-0.25, -0.2) is 0 Å². The van der Waals surface area contributed by atoms with Crippen LogP contribution in [0.3, 0.4) is 0 Å². The molecule has 2 aliphatic rings. The lowest BCUT2D eigenvalue weighted by atomic mass is 9.86. The number of benzene rings is 2. The summed E-state index contributed by atoms with van der Waals surface area (Å²) in [5.74, 6) is 0.624. The highest BCUT2D eigenvalue weighted by Gasteiger charge is 2.56. The van der Waals surface area contributed by atoms with E-state index in [1.165, 1.54) is 0 Å². The number of hydrogen-bond acceptors (Lipinski definition) is 5. The molecule has 1 spiro atoms. The minimum absolute atomic E-state index is 0.0977. The van der Waals surface area contributed by atoms with E-state index in [2.05, 4.69) is 10.2 Å². The van der Waals surface area contributed by atoms with Crippen LogP contribution in [-0.2, 0) is 12.1 Å². The number of nitrogens with zero attached hydrogens (tertiary/aromatic N) is 2. The number of fused-ring (bicyclic) bond motifs is 2. The molecular formula is C23H23N3O4. The topological polar surface area (TPSA) is 98.7 Å². The maximum atomic E-state index is 13.6. The van der Waals surface area contributed by atoms with Gasteiger partial charge in [-0.15, -0.1) is 0 Å². The summed E-state index contributed by atoms with van der Waals surface area (Å²) >= 11 is 0. The summed E-state index contributed by atoms with van der Waals surface area (Å²) in [6.07, 6.45) is 2.38. The van der Waals surface area contributed by atoms with Gasteiger partial charge in [0.2, 0.25) is 0 Å². The molecule has 7 heteroatoms. The van der Waals surface area contributed by atoms with Crippen LogP contribution in [0, 0.1) is 0 Å². The fourth-order valence-electron chi connectivity index (χ4n) is 4.86. The second-order valence-corrected chi connectivity index (χ2v) is 8.06. The van der Waals surface area contributed by atoms with Crippen LogP contribution in [0.5, 0.6) is 5.75 Å². The molecule has 30 heavy (non-hydrogen) atoms. The lowest BCUT2D eigenvalue weighted by molar-refractivity contribution is 0.0438. The number of ether oxygens (including phenoxy) is 1. The highest BCUT2D eigenvalue weighted by molar-refractivity contribution is 6.01. The molecule has 1 aromatic heterocycles. The van der Waals surface area contributed by atoms with Crippen molar-refractivity contribution in [2.24, 2.45) is 0 Å². The average Bonchev–Trinajstić information content (AvgIpc) is 3.44. The maximum Gasteiger partial charge on any atom is 0.255 e. The molecule has 3 aromatic rings. The zero-order chi connectivity index (χ0) is 20.9. The zero-order valence-electron chi connectivity index (χ0n) is 16.6. The summed E-state index contributed by atoms with van der Waals surface area (Å²) in [6.45, 7) is 0.366. The summed E-state index contributed by atoms with van der Waals surface area (Å²) in [5, 5.41) is 27.6. The summed E-state index contributed by atoms with van der Waals surface area (Å²) < 4.78 is 5.32. The molecule has 0 saturated heterocycles. The number of H-pyrrole nitrogens is 1. The predicted octanol–water partition coefficient (Wildman–Crippen LogP) is 2.45. The normalized spacial score (nSPS) is 25.2. The Morgan fingerprint density at radius 3 is 2.67 bits per heavy atom. The third kappa shape index (κ3) is 2.81. The third-order valence-electron chi connectivity index (χ3n) is 6.36. The van der Waals surface area contributed by atoms with Crippen molar-refractivity contribution in [1.82, 2.24) is 15.1 Å². The van der Waals surface area contributed by atoms with E-state index >= 15 is 0 Å². The van der Waals surface area contributed by atoms with Gasteiger partial charge >= 0.3 is 0 Å². The van der Waals surface area contributed by atoms with Crippen molar-refractivity contribution in [1.29, 1.82) is 0 Å². The molecule has 7 nitrogen and oxygen atoms in total. The second-order valence-electron chi connectivity index (χ2n) is 8.06. The Morgan fingerprint density at radius 2 is 1.97 bits per heavy atom. The first-order valence-corrected chi connectivity index (χ1v) is 9.96. The van der Waals surface area contributed by atoms with Crippen molar-refractivity contribution < 1.29 is 19.7 Å². The van der Waals surface area contributed by atoms with Crippen molar-refractivity contribution in [2.75, 3.05) is 7.11 Å². The highest BCUT2D eigenvalue weighted by atomic mass is 16.5. The van der Waals surface area contributed by atoms with Crippen LogP contribution in [-0.4, -0.2) is 50.5 Å². The van der Waals surface area contributed by atoms with E-state index < -0.39 is 17.7 Å². The monoisotopic (exact) mass is 405 g/mol. The second kappa shape index (κ2) is 6.97. The van der Waals surface area contributed by atoms with E-state index in [4.69, 9.17) is 4.74 Å². The molecule has 2 heterocycles. The third-order valence-corrected chi connectivity index (χ3v) is 6.36. The number of carbonyl (C=O) groups is 1. The predicted molar refractivity (Wildman–Crippen MR) is 110 cm³/mol. The molecule has 1 aliphatic carbocycles. The summed E-state index contributed by atoms with van der Waals surface area (Å²) in [7, 11) is 1.61. The van der Waals surface area contributed by atoms with Crippen LogP contribution in [0.4, 0.5) is 0 Å². The number of methoxy groups -OCH3 is 1. The van der Waals surface area contributed by atoms with Crippen LogP contribution in [0.1, 0.15) is 34.3 Å². The number of hydrogen-bond donors (Lipinski definition) is 3. The van der Waals surface area contributed by atoms with Crippen molar-refractivity contribution in [3.05, 3.63) is 71.5 Å². The van der Waals surface area contributed by atoms with E-state index in [0.717, 1.165) is 28.0 Å². The minimum atomic E-state index is -0.870. The number of aliphatic hydroxyl groups is 2. The molecule has 0 radical (unpaired) electrons. The number of aliphatic hydroxyl groups excluding tert-OH is 2. The highest BCUT2D eigenvalue weighted by Crippen LogP contribution is 2.51. The van der Waals surface area contributed by atoms with Crippen LogP contribution in [0.25, 0.3) is 11.1 Å². The fourth-order valence-corrected chi connectivity index (χ4v) is 4.86. The number of rotatable bonds is 4. The molecule has 5 rings (SSSR count). The van der Waals surface area contributed by atoms with Gasteiger partial charge < -0.3 is 19.8 Å². The lowest BCUT2D eigenvalue weighted by Crippen LogP contribution is -2.42. The van der Waals surface area contributed by atoms with Gasteiger partial charge in [-0.2, -0.15) is 5.10 Å². The molecule has 2 aromatic carbocycles. The average molecular weight is 405 g/mol. The molecule has 2 unspecified atom stereocenters. The van der Waals surface area contributed by atoms with Crippen molar-refractivity contribution in [3.8, 4) is 16.9 Å². The van der Waals surface area contributed by atoms with Gasteiger partial charge in [0.15, 0.2) is 0 Å². The minimum Gasteiger partial charge on any atom is -0.497 e. The quantitative estimate of drug-likeness (QED) is 0.619. The van der Waals surface area contributed by atoms with Crippen molar-refractivity contribution in [3.63, 3.8) is 0 Å². The standard InChI is InChI=1S/C23H23N3O4/c1-30-17-4-2-3-14(7-17)13-26-22(29)18-8-15(16-11-24-25-12-16)5-6-19(18)23(26)9-20(27)21(28)10-23/h2-8,11-12,20-21,27-28H,9-10,13H2,1H3,(H,24,25). The molecule has 0 bridgehead atoms. The van der Waals surface area contributed by atoms with Gasteiger partial charge in [0.05, 0.1) is 31.1 Å². The molecule has 1 fully saturated rings. The number of aromatic amines is 1. The number of amides is 1. The van der Waals surface area contributed by atoms with E-state index in [0.29, 0.717) is 24.9 Å². The molecule has 2 atom stereocenters. The smallest absolute Gasteiger partial charge is 0.255 e. The first-order chi connectivity index (χ1) is 14.5. The van der Waals surface area contributed by atoms with E-state index in [1.54, 1.807) is 24.4 Å². The molecule has 3 N–H and O–H groups in total. The number of carbonyl (C=O) groups excluding carboxylic acids is 1. The van der Waals surface area contributed by atoms with Crippen molar-refractivity contribution >= 4 is 5.91 Å². The Balaban J connectivity index is 1.59. The van der Waals surface area contributed by atoms with Crippen LogP contribution in [0.15, 0.2) is 54.9 Å². The summed E-state index contributed by atoms with van der Waals surface area (Å²) in [4.78, 5) is 15.4. The fraction of sp³-hybridized carbons (Fsp3) is 0.304. The van der Waals surface area contributed by atoms with Gasteiger partial charge in [-0.3, -0.25) is 9.89 Å². The summed E-state index contributed by atoms with van der Waals surface area (Å²) in [6, 6.07) is 13.4. The van der Waals surface area contributed by atoms with Crippen LogP contribution >= 0.6 is 0 Å². The Morgan fingerprint density at radius 1 is 1.17 bits per heavy atom. The first kappa shape index (κ1) is 18.8. The maximum absolute atomic E-state index is 13.6. The first-order valence-electron chi connectivity index (χ1n) is 9.96. The molecule has 154 valence electrons. The van der Waals surface area contributed by atoms with E-state index in [-0.39, 0.29) is 5.91 Å². The molecule has 1 amide bonds. The molecule has 1 saturated carbocycles. The van der Waals surface area contributed by atoms with E-state index in [9.17, 15) is 15.0 Å². The Kier molecular flexibility index (Phi) is 4.38. The van der Waals surface area contributed by atoms with Crippen LogP contribution in [0.2, 0.25) is 0 Å². The molecule has 1 aliphatic heterocycles. The lowest BCUT2D eigenvalue weighted by Gasteiger charge is -2.36. The van der Waals surface area contributed by atoms with Gasteiger partial charge in [0.1, 0.15) is 5.75 Å². The molecular weight excluding hydrogens is 382 g/mol. The Labute approximate surface area is 173 Å². The SMILES string of the molecule is COc1cccc(CN2C(=O)c3cc(-c4cn[nH]c4)ccc3C23CC(O)C(O)C3)c1. The Hall–Kier alpha value is -3.16. The number of aromatic nitrogens is 2. The Bertz CT molecular complexity index is 1090. The van der Waals surface area contributed by atoms with Gasteiger partial charge in [0.25, 0.3) is 5.91 Å². The van der Waals surface area contributed by atoms with Crippen molar-refractivity contribution in [2.45, 2.75) is 37.1 Å². The van der Waals surface area contributed by atoms with Gasteiger partial charge in [-0.05, 0) is 34.9 Å². The van der Waals surface area contributed by atoms with Gasteiger partial charge in [0, 0.05) is 36.7 Å². The van der Waals surface area contributed by atoms with E-state index in [1.807, 2.05) is 42.5 Å². The summed E-state index contributed by atoms with van der Waals surface area (Å²) in [5.41, 5.74) is 3.46. The van der Waals surface area contributed by atoms with Crippen LogP contribution < -0.4 is 4.74 Å². The zero-order valence-corrected chi connectivity index (χ0v) is 16.6.